The molecule has 0 radical (unpaired) electrons. The van der Waals surface area contributed by atoms with Gasteiger partial charge in [-0.05, 0) is 31.9 Å². The second-order valence-electron chi connectivity index (χ2n) is 5.02. The van der Waals surface area contributed by atoms with Gasteiger partial charge in [0, 0.05) is 12.7 Å². The molecule has 2 rings (SSSR count). The lowest BCUT2D eigenvalue weighted by atomic mass is 9.92. The first-order valence-electron chi connectivity index (χ1n) is 6.95. The smallest absolute Gasteiger partial charge is 0.338 e. The Labute approximate surface area is 124 Å². The lowest BCUT2D eigenvalue weighted by Crippen LogP contribution is -2.46. The lowest BCUT2D eigenvalue weighted by Gasteiger charge is -2.33. The summed E-state index contributed by atoms with van der Waals surface area (Å²) in [4.78, 5) is 25.8. The van der Waals surface area contributed by atoms with E-state index < -0.39 is 12.0 Å². The third kappa shape index (κ3) is 2.77. The van der Waals surface area contributed by atoms with Gasteiger partial charge in [0.1, 0.15) is 0 Å². The zero-order chi connectivity index (χ0) is 15.6. The number of rotatable bonds is 3. The average Bonchev–Trinajstić information content (AvgIpc) is 2.45. The van der Waals surface area contributed by atoms with E-state index in [-0.39, 0.29) is 6.03 Å². The highest BCUT2D eigenvalue weighted by molar-refractivity contribution is 5.95. The van der Waals surface area contributed by atoms with Crippen molar-refractivity contribution in [1.82, 2.24) is 10.2 Å². The highest BCUT2D eigenvalue weighted by Crippen LogP contribution is 2.32. The molecule has 0 aromatic heterocycles. The molecule has 5 heteroatoms. The maximum atomic E-state index is 12.3. The van der Waals surface area contributed by atoms with Crippen LogP contribution in [0.2, 0.25) is 0 Å². The number of hydrogen-bond acceptors (Lipinski definition) is 3. The number of urea groups is 1. The second kappa shape index (κ2) is 5.99. The van der Waals surface area contributed by atoms with Crippen molar-refractivity contribution < 1.29 is 14.3 Å². The summed E-state index contributed by atoms with van der Waals surface area (Å²) in [6.45, 7) is 5.78. The third-order valence-corrected chi connectivity index (χ3v) is 3.75. The molecule has 112 valence electrons. The van der Waals surface area contributed by atoms with Gasteiger partial charge in [-0.25, -0.2) is 9.59 Å². The van der Waals surface area contributed by atoms with Gasteiger partial charge in [-0.2, -0.15) is 0 Å². The maximum absolute atomic E-state index is 12.3. The minimum Gasteiger partial charge on any atom is -0.463 e. The van der Waals surface area contributed by atoms with Crippen LogP contribution in [0.3, 0.4) is 0 Å². The van der Waals surface area contributed by atoms with Crippen molar-refractivity contribution in [3.05, 3.63) is 46.7 Å². The minimum absolute atomic E-state index is 0.228. The number of ether oxygens (including phenoxy) is 1. The van der Waals surface area contributed by atoms with Gasteiger partial charge in [-0.15, -0.1) is 0 Å². The molecule has 0 bridgehead atoms. The van der Waals surface area contributed by atoms with Crippen molar-refractivity contribution in [3.8, 4) is 0 Å². The second-order valence-corrected chi connectivity index (χ2v) is 5.02. The van der Waals surface area contributed by atoms with Crippen LogP contribution < -0.4 is 5.32 Å². The molecule has 21 heavy (non-hydrogen) atoms. The molecule has 1 aliphatic heterocycles. The molecule has 0 aliphatic carbocycles. The van der Waals surface area contributed by atoms with Crippen LogP contribution in [-0.4, -0.2) is 30.6 Å². The number of allylic oxidation sites excluding steroid dienone is 1. The monoisotopic (exact) mass is 288 g/mol. The van der Waals surface area contributed by atoms with Crippen LogP contribution in [0.15, 0.2) is 35.5 Å². The molecule has 0 spiro atoms. The molecule has 0 saturated carbocycles. The predicted octanol–water partition coefficient (Wildman–Crippen LogP) is 2.53. The summed E-state index contributed by atoms with van der Waals surface area (Å²) < 4.78 is 5.15. The van der Waals surface area contributed by atoms with Crippen molar-refractivity contribution >= 4 is 12.0 Å². The fraction of sp³-hybridized carbons (Fsp3) is 0.375. The number of benzene rings is 1. The van der Waals surface area contributed by atoms with Gasteiger partial charge in [0.25, 0.3) is 0 Å². The number of amides is 2. The molecule has 1 aliphatic rings. The van der Waals surface area contributed by atoms with Crippen LogP contribution in [0.5, 0.6) is 0 Å². The molecule has 1 aromatic rings. The molecule has 1 unspecified atom stereocenters. The summed E-state index contributed by atoms with van der Waals surface area (Å²) in [5.74, 6) is -0.393. The average molecular weight is 288 g/mol. The van der Waals surface area contributed by atoms with Gasteiger partial charge in [-0.3, -0.25) is 0 Å². The Kier molecular flexibility index (Phi) is 4.31. The molecule has 2 amide bonds. The number of carbonyl (C=O) groups excluding carboxylic acids is 2. The molecular formula is C16H20N2O3. The minimum atomic E-state index is -0.478. The van der Waals surface area contributed by atoms with E-state index >= 15 is 0 Å². The number of nitrogens with one attached hydrogen (secondary N) is 1. The maximum Gasteiger partial charge on any atom is 0.338 e. The van der Waals surface area contributed by atoms with E-state index in [2.05, 4.69) is 5.32 Å². The first-order chi connectivity index (χ1) is 9.97. The van der Waals surface area contributed by atoms with Crippen LogP contribution in [-0.2, 0) is 9.53 Å². The Balaban J connectivity index is 2.54. The number of aryl methyl sites for hydroxylation is 1. The van der Waals surface area contributed by atoms with Crippen LogP contribution in [0.4, 0.5) is 4.79 Å². The van der Waals surface area contributed by atoms with Gasteiger partial charge in [0.05, 0.1) is 18.2 Å². The normalized spacial score (nSPS) is 18.6. The SMILES string of the molecule is CCOC(=O)C1=C(C)N(C)C(=O)NC1c1ccccc1C. The molecule has 5 nitrogen and oxygen atoms in total. The van der Waals surface area contributed by atoms with E-state index in [1.807, 2.05) is 31.2 Å². The summed E-state index contributed by atoms with van der Waals surface area (Å²) in [6, 6.07) is 6.99. The Morgan fingerprint density at radius 1 is 1.33 bits per heavy atom. The summed E-state index contributed by atoms with van der Waals surface area (Å²) in [7, 11) is 1.64. The summed E-state index contributed by atoms with van der Waals surface area (Å²) in [5.41, 5.74) is 3.02. The zero-order valence-electron chi connectivity index (χ0n) is 12.8. The summed E-state index contributed by atoms with van der Waals surface area (Å²) in [6.07, 6.45) is 0. The van der Waals surface area contributed by atoms with Crippen LogP contribution in [0.1, 0.15) is 31.0 Å². The number of nitrogens with zero attached hydrogens (tertiary/aromatic N) is 1. The Hall–Kier alpha value is -2.30. The Bertz CT molecular complexity index is 607. The van der Waals surface area contributed by atoms with E-state index in [0.717, 1.165) is 11.1 Å². The van der Waals surface area contributed by atoms with E-state index in [1.54, 1.807) is 20.9 Å². The van der Waals surface area contributed by atoms with Crippen molar-refractivity contribution in [2.75, 3.05) is 13.7 Å². The van der Waals surface area contributed by atoms with Gasteiger partial charge in [0.15, 0.2) is 0 Å². The van der Waals surface area contributed by atoms with Crippen molar-refractivity contribution in [2.24, 2.45) is 0 Å². The van der Waals surface area contributed by atoms with Gasteiger partial charge >= 0.3 is 12.0 Å². The number of esters is 1. The standard InChI is InChI=1S/C16H20N2O3/c1-5-21-15(19)13-11(3)18(4)16(20)17-14(13)12-9-7-6-8-10(12)2/h6-9,14H,5H2,1-4H3,(H,17,20). The fourth-order valence-electron chi connectivity index (χ4n) is 2.45. The molecule has 1 heterocycles. The zero-order valence-corrected chi connectivity index (χ0v) is 12.8. The van der Waals surface area contributed by atoms with Gasteiger partial charge < -0.3 is 15.0 Å². The molecule has 0 fully saturated rings. The van der Waals surface area contributed by atoms with Gasteiger partial charge in [0.2, 0.25) is 0 Å². The topological polar surface area (TPSA) is 58.6 Å². The molecule has 1 N–H and O–H groups in total. The lowest BCUT2D eigenvalue weighted by molar-refractivity contribution is -0.139. The van der Waals surface area contributed by atoms with E-state index in [1.165, 1.54) is 4.90 Å². The van der Waals surface area contributed by atoms with Crippen LogP contribution in [0.25, 0.3) is 0 Å². The van der Waals surface area contributed by atoms with Crippen LogP contribution in [0, 0.1) is 6.92 Å². The van der Waals surface area contributed by atoms with E-state index in [4.69, 9.17) is 4.74 Å². The highest BCUT2D eigenvalue weighted by atomic mass is 16.5. The molecule has 1 atom stereocenters. The Morgan fingerprint density at radius 2 is 2.00 bits per heavy atom. The molecule has 0 saturated heterocycles. The van der Waals surface area contributed by atoms with E-state index in [0.29, 0.717) is 17.9 Å². The first kappa shape index (κ1) is 15.1. The molecular weight excluding hydrogens is 268 g/mol. The van der Waals surface area contributed by atoms with Crippen LogP contribution >= 0.6 is 0 Å². The van der Waals surface area contributed by atoms with E-state index in [9.17, 15) is 9.59 Å². The third-order valence-electron chi connectivity index (χ3n) is 3.75. The Morgan fingerprint density at radius 3 is 2.62 bits per heavy atom. The van der Waals surface area contributed by atoms with Crippen molar-refractivity contribution in [2.45, 2.75) is 26.8 Å². The number of hydrogen-bond donors (Lipinski definition) is 1. The predicted molar refractivity (Wildman–Crippen MR) is 79.5 cm³/mol. The fourth-order valence-corrected chi connectivity index (χ4v) is 2.45. The van der Waals surface area contributed by atoms with Crippen molar-refractivity contribution in [3.63, 3.8) is 0 Å². The van der Waals surface area contributed by atoms with Crippen molar-refractivity contribution in [1.29, 1.82) is 0 Å². The number of carbonyl (C=O) groups is 2. The first-order valence-corrected chi connectivity index (χ1v) is 6.95. The molecule has 1 aromatic carbocycles. The largest absolute Gasteiger partial charge is 0.463 e. The summed E-state index contributed by atoms with van der Waals surface area (Å²) >= 11 is 0. The highest BCUT2D eigenvalue weighted by Gasteiger charge is 2.35. The van der Waals surface area contributed by atoms with Gasteiger partial charge in [-0.1, -0.05) is 24.3 Å². The summed E-state index contributed by atoms with van der Waals surface area (Å²) in [5, 5.41) is 2.87. The quantitative estimate of drug-likeness (QED) is 0.869.